The fourth-order valence-corrected chi connectivity index (χ4v) is 4.17. The molecule has 0 saturated carbocycles. The third-order valence-corrected chi connectivity index (χ3v) is 6.06. The van der Waals surface area contributed by atoms with Crippen molar-refractivity contribution in [1.29, 1.82) is 0 Å². The molecular formula is C29H24N4O3. The molecule has 0 aliphatic rings. The van der Waals surface area contributed by atoms with E-state index in [4.69, 9.17) is 4.98 Å². The summed E-state index contributed by atoms with van der Waals surface area (Å²) < 4.78 is 1.43. The highest BCUT2D eigenvalue weighted by molar-refractivity contribution is 5.90. The van der Waals surface area contributed by atoms with Crippen molar-refractivity contribution in [1.82, 2.24) is 14.5 Å². The minimum absolute atomic E-state index is 0.00621. The number of pyridine rings is 1. The van der Waals surface area contributed by atoms with E-state index in [9.17, 15) is 14.7 Å². The zero-order valence-electron chi connectivity index (χ0n) is 19.7. The molecule has 7 nitrogen and oxygen atoms in total. The molecule has 0 radical (unpaired) electrons. The summed E-state index contributed by atoms with van der Waals surface area (Å²) in [5, 5.41) is 14.6. The van der Waals surface area contributed by atoms with Gasteiger partial charge in [0.25, 0.3) is 5.56 Å². The van der Waals surface area contributed by atoms with Crippen LogP contribution in [0.3, 0.4) is 0 Å². The molecule has 2 aromatic heterocycles. The summed E-state index contributed by atoms with van der Waals surface area (Å²) in [4.78, 5) is 35.1. The van der Waals surface area contributed by atoms with Crippen molar-refractivity contribution in [2.24, 2.45) is 7.05 Å². The molecule has 3 aromatic carbocycles. The lowest BCUT2D eigenvalue weighted by atomic mass is 9.98. The molecule has 0 aliphatic heterocycles. The maximum absolute atomic E-state index is 13.6. The first-order valence-corrected chi connectivity index (χ1v) is 11.5. The largest absolute Gasteiger partial charge is 0.508 e. The van der Waals surface area contributed by atoms with Gasteiger partial charge in [0.15, 0.2) is 5.78 Å². The number of benzene rings is 3. The number of carbonyl (C=O) groups is 1. The molecule has 0 unspecified atom stereocenters. The highest BCUT2D eigenvalue weighted by Crippen LogP contribution is 2.30. The van der Waals surface area contributed by atoms with Crippen LogP contribution < -0.4 is 10.9 Å². The normalized spacial score (nSPS) is 10.9. The van der Waals surface area contributed by atoms with Crippen LogP contribution in [0.2, 0.25) is 0 Å². The summed E-state index contributed by atoms with van der Waals surface area (Å²) in [5.74, 6) is 0.382. The Balaban J connectivity index is 1.52. The number of nitrogens with zero attached hydrogens (tertiary/aromatic N) is 3. The number of hydrogen-bond acceptors (Lipinski definition) is 6. The zero-order valence-corrected chi connectivity index (χ0v) is 19.7. The van der Waals surface area contributed by atoms with E-state index in [1.54, 1.807) is 43.7 Å². The van der Waals surface area contributed by atoms with Gasteiger partial charge in [-0.3, -0.25) is 19.1 Å². The maximum Gasteiger partial charge on any atom is 0.263 e. The number of fused-ring (bicyclic) bond motifs is 1. The molecule has 5 aromatic rings. The molecule has 36 heavy (non-hydrogen) atoms. The number of phenols is 1. The lowest BCUT2D eigenvalue weighted by Gasteiger charge is -2.16. The average Bonchev–Trinajstić information content (AvgIpc) is 2.91. The lowest BCUT2D eigenvalue weighted by Crippen LogP contribution is -2.27. The molecule has 178 valence electrons. The minimum atomic E-state index is -0.222. The Hall–Kier alpha value is -4.78. The smallest absolute Gasteiger partial charge is 0.263 e. The summed E-state index contributed by atoms with van der Waals surface area (Å²) >= 11 is 0. The third kappa shape index (κ3) is 4.72. The first-order valence-electron chi connectivity index (χ1n) is 11.5. The minimum Gasteiger partial charge on any atom is -0.508 e. The second-order valence-corrected chi connectivity index (χ2v) is 8.56. The van der Waals surface area contributed by atoms with Crippen LogP contribution in [0, 0.1) is 0 Å². The van der Waals surface area contributed by atoms with Gasteiger partial charge in [-0.1, -0.05) is 48.5 Å². The van der Waals surface area contributed by atoms with Crippen molar-refractivity contribution in [2.45, 2.75) is 6.42 Å². The van der Waals surface area contributed by atoms with Crippen LogP contribution in [-0.2, 0) is 18.3 Å². The van der Waals surface area contributed by atoms with Crippen LogP contribution in [0.25, 0.3) is 33.2 Å². The molecular weight excluding hydrogens is 452 g/mol. The fraction of sp³-hybridized carbons (Fsp3) is 0.103. The van der Waals surface area contributed by atoms with Crippen molar-refractivity contribution in [3.63, 3.8) is 0 Å². The average molecular weight is 477 g/mol. The molecule has 0 atom stereocenters. The molecule has 0 spiro atoms. The van der Waals surface area contributed by atoms with Crippen LogP contribution in [0.1, 0.15) is 5.56 Å². The van der Waals surface area contributed by atoms with Crippen LogP contribution in [0.15, 0.2) is 96.1 Å². The molecule has 0 aliphatic carbocycles. The second-order valence-electron chi connectivity index (χ2n) is 8.56. The van der Waals surface area contributed by atoms with Crippen molar-refractivity contribution < 1.29 is 9.90 Å². The second kappa shape index (κ2) is 9.84. The summed E-state index contributed by atoms with van der Waals surface area (Å²) in [6.45, 7) is 0.00621. The first kappa shape index (κ1) is 23.0. The zero-order chi connectivity index (χ0) is 25.1. The number of phenolic OH excluding ortho intramolecular Hbond substituents is 1. The monoisotopic (exact) mass is 476 g/mol. The third-order valence-electron chi connectivity index (χ3n) is 6.06. The molecule has 0 fully saturated rings. The van der Waals surface area contributed by atoms with Crippen LogP contribution in [-0.4, -0.2) is 32.0 Å². The Morgan fingerprint density at radius 1 is 0.917 bits per heavy atom. The number of carbonyl (C=O) groups excluding carboxylic acids is 1. The van der Waals surface area contributed by atoms with Crippen molar-refractivity contribution >= 4 is 22.5 Å². The summed E-state index contributed by atoms with van der Waals surface area (Å²) in [7, 11) is 1.64. The maximum atomic E-state index is 13.6. The standard InChI is InChI=1S/C29H24N4O3/c1-33-28(36)26(23-9-8-20-4-2-3-5-22(20)17-23)27(21-12-14-30-15-13-21)32-29(33)31-18-25(35)16-19-6-10-24(34)11-7-19/h2-15,17,34H,16,18H2,1H3,(H,31,32). The molecule has 7 heteroatoms. The number of nitrogens with one attached hydrogen (secondary N) is 1. The number of Topliss-reactive ketones (excluding diaryl/α,β-unsaturated/α-hetero) is 1. The first-order chi connectivity index (χ1) is 17.5. The van der Waals surface area contributed by atoms with Crippen LogP contribution in [0.4, 0.5) is 5.95 Å². The quantitative estimate of drug-likeness (QED) is 0.357. The lowest BCUT2D eigenvalue weighted by molar-refractivity contribution is -0.116. The number of ketones is 1. The van der Waals surface area contributed by atoms with E-state index in [1.165, 1.54) is 4.57 Å². The number of rotatable bonds is 7. The Labute approximate surface area is 207 Å². The topological polar surface area (TPSA) is 97.1 Å². The number of aromatic hydroxyl groups is 1. The summed E-state index contributed by atoms with van der Waals surface area (Å²) in [6.07, 6.45) is 3.52. The van der Waals surface area contributed by atoms with E-state index in [0.717, 1.165) is 27.5 Å². The van der Waals surface area contributed by atoms with Gasteiger partial charge in [0.05, 0.1) is 17.8 Å². The molecule has 2 N–H and O–H groups in total. The van der Waals surface area contributed by atoms with E-state index in [0.29, 0.717) is 17.2 Å². The molecule has 5 rings (SSSR count). The van der Waals surface area contributed by atoms with Gasteiger partial charge in [-0.05, 0) is 52.2 Å². The predicted octanol–water partition coefficient (Wildman–Crippen LogP) is 4.59. The van der Waals surface area contributed by atoms with Crippen molar-refractivity contribution in [3.8, 4) is 28.1 Å². The van der Waals surface area contributed by atoms with Gasteiger partial charge in [0, 0.05) is 31.4 Å². The fourth-order valence-electron chi connectivity index (χ4n) is 4.17. The molecule has 0 saturated heterocycles. The van der Waals surface area contributed by atoms with Gasteiger partial charge in [-0.2, -0.15) is 0 Å². The summed E-state index contributed by atoms with van der Waals surface area (Å²) in [6, 6.07) is 24.0. The van der Waals surface area contributed by atoms with Crippen LogP contribution in [0.5, 0.6) is 5.75 Å². The molecule has 0 bridgehead atoms. The van der Waals surface area contributed by atoms with Gasteiger partial charge in [0.2, 0.25) is 5.95 Å². The van der Waals surface area contributed by atoms with Crippen molar-refractivity contribution in [3.05, 3.63) is 107 Å². The number of hydrogen-bond donors (Lipinski definition) is 2. The number of anilines is 1. The van der Waals surface area contributed by atoms with Gasteiger partial charge < -0.3 is 10.4 Å². The highest BCUT2D eigenvalue weighted by atomic mass is 16.3. The summed E-state index contributed by atoms with van der Waals surface area (Å²) in [5.41, 5.74) is 3.10. The highest BCUT2D eigenvalue weighted by Gasteiger charge is 2.19. The van der Waals surface area contributed by atoms with Gasteiger partial charge >= 0.3 is 0 Å². The van der Waals surface area contributed by atoms with Gasteiger partial charge in [-0.25, -0.2) is 4.98 Å². The predicted molar refractivity (Wildman–Crippen MR) is 141 cm³/mol. The van der Waals surface area contributed by atoms with E-state index in [-0.39, 0.29) is 30.1 Å². The van der Waals surface area contributed by atoms with E-state index in [1.807, 2.05) is 54.6 Å². The van der Waals surface area contributed by atoms with Crippen molar-refractivity contribution in [2.75, 3.05) is 11.9 Å². The van der Waals surface area contributed by atoms with E-state index < -0.39 is 0 Å². The Morgan fingerprint density at radius 3 is 2.39 bits per heavy atom. The Kier molecular flexibility index (Phi) is 6.28. The van der Waals surface area contributed by atoms with E-state index >= 15 is 0 Å². The van der Waals surface area contributed by atoms with Crippen LogP contribution >= 0.6 is 0 Å². The van der Waals surface area contributed by atoms with Gasteiger partial charge in [0.1, 0.15) is 5.75 Å². The Morgan fingerprint density at radius 2 is 1.64 bits per heavy atom. The Bertz CT molecular complexity index is 1610. The van der Waals surface area contributed by atoms with E-state index in [2.05, 4.69) is 10.3 Å². The molecule has 2 heterocycles. The van der Waals surface area contributed by atoms with Gasteiger partial charge in [-0.15, -0.1) is 0 Å². The SMILES string of the molecule is Cn1c(NCC(=O)Cc2ccc(O)cc2)nc(-c2ccncc2)c(-c2ccc3ccccc3c2)c1=O. The number of aromatic nitrogens is 3. The molecule has 0 amide bonds.